The second-order valence-corrected chi connectivity index (χ2v) is 4.28. The molecule has 0 atom stereocenters. The summed E-state index contributed by atoms with van der Waals surface area (Å²) in [5.41, 5.74) is 2.45. The molecular formula is C13H23N. The van der Waals surface area contributed by atoms with Gasteiger partial charge in [0.05, 0.1) is 0 Å². The molecule has 0 amide bonds. The van der Waals surface area contributed by atoms with Crippen LogP contribution in [0.4, 0.5) is 0 Å². The van der Waals surface area contributed by atoms with Gasteiger partial charge in [-0.3, -0.25) is 0 Å². The smallest absolute Gasteiger partial charge is 0.0209 e. The first-order valence-corrected chi connectivity index (χ1v) is 5.44. The minimum absolute atomic E-state index is 0.541. The average molecular weight is 193 g/mol. The summed E-state index contributed by atoms with van der Waals surface area (Å²) in [5.74, 6) is 1.12. The molecular weight excluding hydrogens is 170 g/mol. The molecule has 0 aliphatic heterocycles. The molecule has 0 rings (SSSR count). The first-order chi connectivity index (χ1) is 6.51. The van der Waals surface area contributed by atoms with E-state index in [1.165, 1.54) is 11.8 Å². The molecule has 14 heavy (non-hydrogen) atoms. The molecule has 1 heteroatoms. The topological polar surface area (TPSA) is 23.9 Å². The van der Waals surface area contributed by atoms with Crippen molar-refractivity contribution >= 4 is 6.21 Å². The van der Waals surface area contributed by atoms with E-state index in [2.05, 4.69) is 46.8 Å². The molecule has 0 aliphatic rings. The van der Waals surface area contributed by atoms with E-state index in [0.29, 0.717) is 11.8 Å². The number of hydrogen-bond donors (Lipinski definition) is 1. The van der Waals surface area contributed by atoms with Crippen molar-refractivity contribution in [2.24, 2.45) is 11.8 Å². The molecule has 0 aromatic rings. The Morgan fingerprint density at radius 2 is 1.79 bits per heavy atom. The molecule has 0 unspecified atom stereocenters. The lowest BCUT2D eigenvalue weighted by molar-refractivity contribution is 0.748. The zero-order valence-corrected chi connectivity index (χ0v) is 10.1. The second kappa shape index (κ2) is 6.58. The molecule has 0 heterocycles. The van der Waals surface area contributed by atoms with Gasteiger partial charge in [-0.2, -0.15) is 0 Å². The zero-order valence-electron chi connectivity index (χ0n) is 10.1. The van der Waals surface area contributed by atoms with E-state index in [1.807, 2.05) is 0 Å². The quantitative estimate of drug-likeness (QED) is 0.499. The lowest BCUT2D eigenvalue weighted by Crippen LogP contribution is -1.96. The molecule has 0 aliphatic carbocycles. The molecule has 1 N–H and O–H groups in total. The van der Waals surface area contributed by atoms with Crippen LogP contribution in [-0.2, 0) is 0 Å². The van der Waals surface area contributed by atoms with Gasteiger partial charge in [0, 0.05) is 6.21 Å². The van der Waals surface area contributed by atoms with Crippen LogP contribution in [0.3, 0.4) is 0 Å². The Bertz CT molecular complexity index is 232. The third-order valence-electron chi connectivity index (χ3n) is 2.14. The average Bonchev–Trinajstić information content (AvgIpc) is 2.11. The first kappa shape index (κ1) is 13.2. The van der Waals surface area contributed by atoms with E-state index in [-0.39, 0.29) is 0 Å². The summed E-state index contributed by atoms with van der Waals surface area (Å²) in [6.45, 7) is 10.9. The highest BCUT2D eigenvalue weighted by Gasteiger charge is 2.02. The maximum absolute atomic E-state index is 7.26. The van der Waals surface area contributed by atoms with Crippen molar-refractivity contribution in [3.05, 3.63) is 23.3 Å². The fraction of sp³-hybridized carbons (Fsp3) is 0.615. The van der Waals surface area contributed by atoms with Gasteiger partial charge in [0.2, 0.25) is 0 Å². The molecule has 0 saturated carbocycles. The largest absolute Gasteiger partial charge is 0.308 e. The van der Waals surface area contributed by atoms with E-state index in [4.69, 9.17) is 5.41 Å². The Hall–Kier alpha value is -0.850. The predicted molar refractivity (Wildman–Crippen MR) is 64.9 cm³/mol. The highest BCUT2D eigenvalue weighted by atomic mass is 14.3. The Morgan fingerprint density at radius 3 is 2.07 bits per heavy atom. The van der Waals surface area contributed by atoms with Gasteiger partial charge in [-0.25, -0.2) is 0 Å². The number of nitrogens with one attached hydrogen (secondary N) is 1. The summed E-state index contributed by atoms with van der Waals surface area (Å²) < 4.78 is 0. The van der Waals surface area contributed by atoms with Crippen LogP contribution in [0.2, 0.25) is 0 Å². The first-order valence-electron chi connectivity index (χ1n) is 5.44. The Morgan fingerprint density at radius 1 is 1.21 bits per heavy atom. The molecule has 0 fully saturated rings. The predicted octanol–water partition coefficient (Wildman–Crippen LogP) is 4.21. The van der Waals surface area contributed by atoms with Gasteiger partial charge >= 0.3 is 0 Å². The second-order valence-electron chi connectivity index (χ2n) is 4.28. The van der Waals surface area contributed by atoms with Crippen LogP contribution in [-0.4, -0.2) is 6.21 Å². The van der Waals surface area contributed by atoms with E-state index in [9.17, 15) is 0 Å². The van der Waals surface area contributed by atoms with Gasteiger partial charge in [-0.1, -0.05) is 46.8 Å². The van der Waals surface area contributed by atoms with Crippen LogP contribution in [0.1, 0.15) is 41.0 Å². The minimum atomic E-state index is 0.541. The molecule has 0 spiro atoms. The molecule has 80 valence electrons. The van der Waals surface area contributed by atoms with Crippen LogP contribution in [0.15, 0.2) is 23.3 Å². The molecule has 0 bridgehead atoms. The highest BCUT2D eigenvalue weighted by Crippen LogP contribution is 2.16. The Kier molecular flexibility index (Phi) is 6.18. The van der Waals surface area contributed by atoms with Crippen molar-refractivity contribution in [3.8, 4) is 0 Å². The summed E-state index contributed by atoms with van der Waals surface area (Å²) in [5, 5.41) is 7.26. The van der Waals surface area contributed by atoms with Crippen molar-refractivity contribution in [1.29, 1.82) is 5.41 Å². The van der Waals surface area contributed by atoms with Gasteiger partial charge in [0.1, 0.15) is 0 Å². The van der Waals surface area contributed by atoms with Gasteiger partial charge in [-0.05, 0) is 29.4 Å². The van der Waals surface area contributed by atoms with Crippen molar-refractivity contribution in [2.75, 3.05) is 0 Å². The standard InChI is InChI=1S/C13H23N/c1-6-12(9-14)8-13(11(4)5)7-10(2)3/h7-11,14H,6H2,1-5H3/b12-8-,13-7+,14-9?. The summed E-state index contributed by atoms with van der Waals surface area (Å²) >= 11 is 0. The summed E-state index contributed by atoms with van der Waals surface area (Å²) in [6, 6.07) is 0. The SMILES string of the molecule is CC/C(C=N)=C/C(=C\C(C)C)C(C)C. The van der Waals surface area contributed by atoms with Crippen molar-refractivity contribution < 1.29 is 0 Å². The van der Waals surface area contributed by atoms with Crippen LogP contribution in [0.25, 0.3) is 0 Å². The lowest BCUT2D eigenvalue weighted by atomic mass is 9.96. The summed E-state index contributed by atoms with van der Waals surface area (Å²) in [7, 11) is 0. The number of rotatable bonds is 5. The maximum Gasteiger partial charge on any atom is 0.0209 e. The van der Waals surface area contributed by atoms with Crippen molar-refractivity contribution in [1.82, 2.24) is 0 Å². The van der Waals surface area contributed by atoms with E-state index < -0.39 is 0 Å². The Balaban J connectivity index is 4.84. The molecule has 1 nitrogen and oxygen atoms in total. The maximum atomic E-state index is 7.26. The van der Waals surface area contributed by atoms with E-state index in [1.54, 1.807) is 0 Å². The Labute approximate surface area is 88.4 Å². The van der Waals surface area contributed by atoms with Crippen LogP contribution < -0.4 is 0 Å². The minimum Gasteiger partial charge on any atom is -0.308 e. The third kappa shape index (κ3) is 5.00. The van der Waals surface area contributed by atoms with Crippen LogP contribution >= 0.6 is 0 Å². The van der Waals surface area contributed by atoms with Gasteiger partial charge in [0.15, 0.2) is 0 Å². The van der Waals surface area contributed by atoms with E-state index in [0.717, 1.165) is 12.0 Å². The van der Waals surface area contributed by atoms with Crippen LogP contribution in [0.5, 0.6) is 0 Å². The molecule has 0 saturated heterocycles. The number of hydrogen-bond acceptors (Lipinski definition) is 1. The van der Waals surface area contributed by atoms with Crippen molar-refractivity contribution in [3.63, 3.8) is 0 Å². The van der Waals surface area contributed by atoms with Gasteiger partial charge in [-0.15, -0.1) is 0 Å². The lowest BCUT2D eigenvalue weighted by Gasteiger charge is -2.10. The monoisotopic (exact) mass is 193 g/mol. The normalized spacial score (nSPS) is 13.9. The molecule has 0 aromatic carbocycles. The number of allylic oxidation sites excluding steroid dienone is 4. The summed E-state index contributed by atoms with van der Waals surface area (Å²) in [6.07, 6.45) is 6.82. The fourth-order valence-corrected chi connectivity index (χ4v) is 1.25. The van der Waals surface area contributed by atoms with Crippen molar-refractivity contribution in [2.45, 2.75) is 41.0 Å². The molecule has 0 radical (unpaired) electrons. The van der Waals surface area contributed by atoms with Gasteiger partial charge < -0.3 is 5.41 Å². The molecule has 0 aromatic heterocycles. The van der Waals surface area contributed by atoms with Gasteiger partial charge in [0.25, 0.3) is 0 Å². The third-order valence-corrected chi connectivity index (χ3v) is 2.14. The van der Waals surface area contributed by atoms with E-state index >= 15 is 0 Å². The summed E-state index contributed by atoms with van der Waals surface area (Å²) in [4.78, 5) is 0. The highest BCUT2D eigenvalue weighted by molar-refractivity contribution is 5.76. The fourth-order valence-electron chi connectivity index (χ4n) is 1.25. The zero-order chi connectivity index (χ0) is 11.1. The van der Waals surface area contributed by atoms with Crippen LogP contribution in [0, 0.1) is 17.2 Å².